The molecule has 0 aliphatic carbocycles. The number of rotatable bonds is 4. The van der Waals surface area contributed by atoms with E-state index in [2.05, 4.69) is 9.47 Å². The fourth-order valence-electron chi connectivity index (χ4n) is 0.913. The van der Waals surface area contributed by atoms with Crippen LogP contribution in [-0.4, -0.2) is 39.8 Å². The minimum atomic E-state index is -4.30. The van der Waals surface area contributed by atoms with Crippen molar-refractivity contribution in [3.8, 4) is 0 Å². The Morgan fingerprint density at radius 2 is 1.50 bits per heavy atom. The molecule has 0 aromatic heterocycles. The number of carbonyl (C=O) groups is 2. The van der Waals surface area contributed by atoms with Crippen molar-refractivity contribution in [2.45, 2.75) is 46.7 Å². The SMILES string of the molecule is C=O.CC.CCOC(=O)CC(CC)C(F)(F)F.COC. The Labute approximate surface area is 119 Å². The van der Waals surface area contributed by atoms with Gasteiger partial charge in [-0.15, -0.1) is 0 Å². The second kappa shape index (κ2) is 20.2. The minimum absolute atomic E-state index is 0.0949. The molecule has 1 atom stereocenters. The number of hydrogen-bond acceptors (Lipinski definition) is 4. The van der Waals surface area contributed by atoms with Crippen LogP contribution in [0.1, 0.15) is 40.5 Å². The molecule has 0 fully saturated rings. The first-order valence-electron chi connectivity index (χ1n) is 6.24. The first kappa shape index (κ1) is 27.3. The van der Waals surface area contributed by atoms with Crippen LogP contribution in [0.3, 0.4) is 0 Å². The summed E-state index contributed by atoms with van der Waals surface area (Å²) in [5, 5.41) is 0. The fraction of sp³-hybridized carbons (Fsp3) is 0.846. The molecule has 0 rings (SSSR count). The molecule has 0 amide bonds. The van der Waals surface area contributed by atoms with Crippen molar-refractivity contribution in [1.29, 1.82) is 0 Å². The summed E-state index contributed by atoms with van der Waals surface area (Å²) in [6, 6.07) is 0. The normalized spacial score (nSPS) is 10.4. The van der Waals surface area contributed by atoms with Crippen molar-refractivity contribution < 1.29 is 32.2 Å². The fourth-order valence-corrected chi connectivity index (χ4v) is 0.913. The van der Waals surface area contributed by atoms with Crippen molar-refractivity contribution in [2.24, 2.45) is 5.92 Å². The summed E-state index contributed by atoms with van der Waals surface area (Å²) in [7, 11) is 3.25. The highest BCUT2D eigenvalue weighted by molar-refractivity contribution is 5.69. The largest absolute Gasteiger partial charge is 0.466 e. The first-order valence-corrected chi connectivity index (χ1v) is 6.24. The van der Waals surface area contributed by atoms with E-state index in [0.29, 0.717) is 0 Å². The predicted octanol–water partition coefficient (Wildman–Crippen LogP) is 3.63. The van der Waals surface area contributed by atoms with Gasteiger partial charge >= 0.3 is 12.1 Å². The van der Waals surface area contributed by atoms with E-state index in [1.807, 2.05) is 20.6 Å². The van der Waals surface area contributed by atoms with Crippen LogP contribution in [0, 0.1) is 5.92 Å². The summed E-state index contributed by atoms with van der Waals surface area (Å²) in [6.07, 6.45) is -4.97. The van der Waals surface area contributed by atoms with Gasteiger partial charge in [0, 0.05) is 14.2 Å². The Bertz CT molecular complexity index is 197. The molecule has 0 aliphatic heterocycles. The van der Waals surface area contributed by atoms with E-state index in [1.165, 1.54) is 6.92 Å². The van der Waals surface area contributed by atoms with Gasteiger partial charge in [-0.3, -0.25) is 4.79 Å². The third kappa shape index (κ3) is 22.1. The molecule has 0 saturated carbocycles. The number of ether oxygens (including phenoxy) is 2. The van der Waals surface area contributed by atoms with E-state index in [9.17, 15) is 18.0 Å². The molecule has 20 heavy (non-hydrogen) atoms. The molecular weight excluding hydrogens is 277 g/mol. The third-order valence-corrected chi connectivity index (χ3v) is 1.67. The van der Waals surface area contributed by atoms with Gasteiger partial charge in [0.05, 0.1) is 18.9 Å². The standard InChI is InChI=1S/C8H13F3O2.C2H6O.C2H6.CH2O/c1-3-6(8(9,10)11)5-7(12)13-4-2;1-3-2;2*1-2/h6H,3-5H2,1-2H3;1-2H3;1-2H3;1H2. The monoisotopic (exact) mass is 304 g/mol. The first-order chi connectivity index (χ1) is 9.33. The lowest BCUT2D eigenvalue weighted by Crippen LogP contribution is -2.25. The summed E-state index contributed by atoms with van der Waals surface area (Å²) in [5.74, 6) is -2.36. The number of halogens is 3. The number of methoxy groups -OCH3 is 1. The summed E-state index contributed by atoms with van der Waals surface area (Å²) >= 11 is 0. The summed E-state index contributed by atoms with van der Waals surface area (Å²) in [6.45, 7) is 9.08. The average molecular weight is 304 g/mol. The van der Waals surface area contributed by atoms with Crippen LogP contribution in [0.2, 0.25) is 0 Å². The Hall–Kier alpha value is -1.11. The van der Waals surface area contributed by atoms with Crippen LogP contribution < -0.4 is 0 Å². The Kier molecular flexibility index (Phi) is 27.6. The van der Waals surface area contributed by atoms with Crippen molar-refractivity contribution in [3.05, 3.63) is 0 Å². The molecule has 0 spiro atoms. The maximum Gasteiger partial charge on any atom is 0.392 e. The second-order valence-corrected chi connectivity index (χ2v) is 3.06. The number of hydrogen-bond donors (Lipinski definition) is 0. The molecule has 0 saturated heterocycles. The topological polar surface area (TPSA) is 52.6 Å². The average Bonchev–Trinajstić information content (AvgIpc) is 2.40. The number of alkyl halides is 3. The highest BCUT2D eigenvalue weighted by atomic mass is 19.4. The molecule has 0 radical (unpaired) electrons. The molecular formula is C13H27F3O4. The highest BCUT2D eigenvalue weighted by Crippen LogP contribution is 2.31. The van der Waals surface area contributed by atoms with Crippen LogP contribution in [0.25, 0.3) is 0 Å². The van der Waals surface area contributed by atoms with Crippen LogP contribution >= 0.6 is 0 Å². The maximum absolute atomic E-state index is 12.1. The van der Waals surface area contributed by atoms with Gasteiger partial charge in [0.2, 0.25) is 0 Å². The van der Waals surface area contributed by atoms with Gasteiger partial charge in [-0.25, -0.2) is 0 Å². The zero-order valence-electron chi connectivity index (χ0n) is 13.2. The van der Waals surface area contributed by atoms with E-state index < -0.39 is 24.5 Å². The Balaban J connectivity index is -0.000000155. The van der Waals surface area contributed by atoms with E-state index in [4.69, 9.17) is 4.79 Å². The highest BCUT2D eigenvalue weighted by Gasteiger charge is 2.39. The lowest BCUT2D eigenvalue weighted by Gasteiger charge is -2.17. The molecule has 7 heteroatoms. The van der Waals surface area contributed by atoms with E-state index >= 15 is 0 Å². The van der Waals surface area contributed by atoms with Crippen molar-refractivity contribution >= 4 is 12.8 Å². The van der Waals surface area contributed by atoms with Gasteiger partial charge in [0.1, 0.15) is 6.79 Å². The summed E-state index contributed by atoms with van der Waals surface area (Å²) in [4.78, 5) is 18.7. The quantitative estimate of drug-likeness (QED) is 0.744. The lowest BCUT2D eigenvalue weighted by atomic mass is 10.0. The van der Waals surface area contributed by atoms with E-state index in [1.54, 1.807) is 21.1 Å². The van der Waals surface area contributed by atoms with Crippen molar-refractivity contribution in [2.75, 3.05) is 20.8 Å². The molecule has 0 heterocycles. The summed E-state index contributed by atoms with van der Waals surface area (Å²) in [5.41, 5.74) is 0. The van der Waals surface area contributed by atoms with Crippen LogP contribution in [0.15, 0.2) is 0 Å². The van der Waals surface area contributed by atoms with Gasteiger partial charge in [0.25, 0.3) is 0 Å². The second-order valence-electron chi connectivity index (χ2n) is 3.06. The van der Waals surface area contributed by atoms with E-state index in [-0.39, 0.29) is 13.0 Å². The van der Waals surface area contributed by atoms with Crippen LogP contribution in [0.5, 0.6) is 0 Å². The molecule has 0 aliphatic rings. The summed E-state index contributed by atoms with van der Waals surface area (Å²) < 4.78 is 45.0. The molecule has 0 aromatic rings. The number of esters is 1. The third-order valence-electron chi connectivity index (χ3n) is 1.67. The molecule has 0 aromatic carbocycles. The molecule has 4 nitrogen and oxygen atoms in total. The predicted molar refractivity (Wildman–Crippen MR) is 72.5 cm³/mol. The Morgan fingerprint density at radius 1 is 1.15 bits per heavy atom. The van der Waals surface area contributed by atoms with Gasteiger partial charge in [-0.1, -0.05) is 20.8 Å². The number of carbonyl (C=O) groups excluding carboxylic acids is 2. The molecule has 124 valence electrons. The zero-order valence-corrected chi connectivity index (χ0v) is 13.2. The van der Waals surface area contributed by atoms with Crippen molar-refractivity contribution in [1.82, 2.24) is 0 Å². The smallest absolute Gasteiger partial charge is 0.392 e. The van der Waals surface area contributed by atoms with Gasteiger partial charge in [-0.05, 0) is 13.3 Å². The van der Waals surface area contributed by atoms with Gasteiger partial charge in [-0.2, -0.15) is 13.2 Å². The zero-order chi connectivity index (χ0) is 17.2. The molecule has 0 bridgehead atoms. The lowest BCUT2D eigenvalue weighted by molar-refractivity contribution is -0.185. The van der Waals surface area contributed by atoms with E-state index in [0.717, 1.165) is 0 Å². The van der Waals surface area contributed by atoms with Gasteiger partial charge < -0.3 is 14.3 Å². The van der Waals surface area contributed by atoms with Crippen LogP contribution in [-0.2, 0) is 19.1 Å². The maximum atomic E-state index is 12.1. The minimum Gasteiger partial charge on any atom is -0.466 e. The Morgan fingerprint density at radius 3 is 1.70 bits per heavy atom. The van der Waals surface area contributed by atoms with Crippen LogP contribution in [0.4, 0.5) is 13.2 Å². The molecule has 0 N–H and O–H groups in total. The molecule has 1 unspecified atom stereocenters. The van der Waals surface area contributed by atoms with Crippen molar-refractivity contribution in [3.63, 3.8) is 0 Å². The van der Waals surface area contributed by atoms with Gasteiger partial charge in [0.15, 0.2) is 0 Å².